The Morgan fingerprint density at radius 3 is 3.21 bits per heavy atom. The summed E-state index contributed by atoms with van der Waals surface area (Å²) < 4.78 is 1.64. The van der Waals surface area contributed by atoms with Gasteiger partial charge in [-0.05, 0) is 6.42 Å². The molecule has 0 saturated carbocycles. The minimum Gasteiger partial charge on any atom is -0.478 e. The molecule has 0 spiro atoms. The normalized spacial score (nSPS) is 14.9. The number of aromatic nitrogens is 2. The number of nitrogens with one attached hydrogen (secondary N) is 1. The molecule has 74 valence electrons. The predicted molar refractivity (Wildman–Crippen MR) is 50.8 cm³/mol. The van der Waals surface area contributed by atoms with Crippen LogP contribution in [-0.4, -0.2) is 20.9 Å². The Balaban J connectivity index is 2.39. The summed E-state index contributed by atoms with van der Waals surface area (Å²) in [5, 5.41) is 16.0. The van der Waals surface area contributed by atoms with Gasteiger partial charge < -0.3 is 10.4 Å². The average molecular weight is 193 g/mol. The highest BCUT2D eigenvalue weighted by molar-refractivity contribution is 5.88. The van der Waals surface area contributed by atoms with Gasteiger partial charge >= 0.3 is 5.97 Å². The molecule has 5 nitrogen and oxygen atoms in total. The van der Waals surface area contributed by atoms with Gasteiger partial charge in [-0.2, -0.15) is 5.10 Å². The van der Waals surface area contributed by atoms with E-state index >= 15 is 0 Å². The van der Waals surface area contributed by atoms with Gasteiger partial charge in [0.15, 0.2) is 0 Å². The number of aliphatic carboxylic acids is 1. The highest BCUT2D eigenvalue weighted by Crippen LogP contribution is 2.22. The van der Waals surface area contributed by atoms with Crippen LogP contribution in [0.1, 0.15) is 13.3 Å². The Labute approximate surface area is 81.0 Å². The van der Waals surface area contributed by atoms with Crippen molar-refractivity contribution in [2.45, 2.75) is 19.9 Å². The van der Waals surface area contributed by atoms with Crippen molar-refractivity contribution in [3.05, 3.63) is 23.5 Å². The maximum atomic E-state index is 10.9. The first-order chi connectivity index (χ1) is 6.72. The van der Waals surface area contributed by atoms with Crippen LogP contribution in [0.15, 0.2) is 23.5 Å². The van der Waals surface area contributed by atoms with Crippen molar-refractivity contribution in [2.75, 3.05) is 5.32 Å². The van der Waals surface area contributed by atoms with E-state index in [2.05, 4.69) is 10.4 Å². The second-order valence-electron chi connectivity index (χ2n) is 3.11. The molecule has 0 radical (unpaired) electrons. The number of carboxylic acid groups (broad SMARTS) is 1. The number of carboxylic acids is 1. The van der Waals surface area contributed by atoms with Crippen molar-refractivity contribution in [1.29, 1.82) is 0 Å². The van der Waals surface area contributed by atoms with Crippen LogP contribution in [0.5, 0.6) is 0 Å². The van der Waals surface area contributed by atoms with Crippen LogP contribution in [0.3, 0.4) is 0 Å². The Morgan fingerprint density at radius 1 is 1.79 bits per heavy atom. The van der Waals surface area contributed by atoms with E-state index < -0.39 is 5.97 Å². The number of fused-ring (bicyclic) bond motifs is 1. The molecular formula is C9H11N3O2. The minimum absolute atomic E-state index is 0.341. The van der Waals surface area contributed by atoms with Crippen LogP contribution in [0.2, 0.25) is 0 Å². The molecule has 1 aromatic rings. The molecule has 0 unspecified atom stereocenters. The largest absolute Gasteiger partial charge is 0.478 e. The molecule has 0 aromatic carbocycles. The van der Waals surface area contributed by atoms with Gasteiger partial charge in [-0.1, -0.05) is 6.92 Å². The van der Waals surface area contributed by atoms with Crippen LogP contribution in [0.25, 0.3) is 0 Å². The smallest absolute Gasteiger partial charge is 0.335 e. The second kappa shape index (κ2) is 3.17. The molecule has 2 N–H and O–H groups in total. The molecule has 0 aliphatic carbocycles. The summed E-state index contributed by atoms with van der Waals surface area (Å²) in [6.45, 7) is 2.27. The molecule has 1 aromatic heterocycles. The molecule has 0 atom stereocenters. The Kier molecular flexibility index (Phi) is 1.99. The van der Waals surface area contributed by atoms with Crippen LogP contribution >= 0.6 is 0 Å². The van der Waals surface area contributed by atoms with E-state index in [1.54, 1.807) is 10.9 Å². The zero-order chi connectivity index (χ0) is 10.1. The molecule has 2 rings (SSSR count). The number of nitrogens with zero attached hydrogens (tertiary/aromatic N) is 2. The zero-order valence-corrected chi connectivity index (χ0v) is 7.82. The number of allylic oxidation sites excluding steroid dienone is 1. The van der Waals surface area contributed by atoms with Crippen LogP contribution in [0, 0.1) is 0 Å². The van der Waals surface area contributed by atoms with Gasteiger partial charge in [-0.3, -0.25) is 0 Å². The lowest BCUT2D eigenvalue weighted by atomic mass is 10.1. The van der Waals surface area contributed by atoms with Crippen molar-refractivity contribution >= 4 is 11.8 Å². The van der Waals surface area contributed by atoms with Gasteiger partial charge in [-0.25, -0.2) is 9.48 Å². The average Bonchev–Trinajstić information content (AvgIpc) is 2.62. The lowest BCUT2D eigenvalue weighted by Crippen LogP contribution is -2.22. The van der Waals surface area contributed by atoms with E-state index in [0.29, 0.717) is 18.5 Å². The third-order valence-electron chi connectivity index (χ3n) is 2.28. The lowest BCUT2D eigenvalue weighted by molar-refractivity contribution is -0.133. The second-order valence-corrected chi connectivity index (χ2v) is 3.11. The van der Waals surface area contributed by atoms with Crippen molar-refractivity contribution < 1.29 is 9.90 Å². The summed E-state index contributed by atoms with van der Waals surface area (Å²) in [5.41, 5.74) is 1.16. The van der Waals surface area contributed by atoms with E-state index in [1.165, 1.54) is 0 Å². The molecule has 2 heterocycles. The highest BCUT2D eigenvalue weighted by atomic mass is 16.4. The fraction of sp³-hybridized carbons (Fsp3) is 0.333. The van der Waals surface area contributed by atoms with Gasteiger partial charge in [0.25, 0.3) is 0 Å². The zero-order valence-electron chi connectivity index (χ0n) is 7.82. The number of rotatable bonds is 2. The van der Waals surface area contributed by atoms with Gasteiger partial charge in [0.05, 0.1) is 18.3 Å². The molecule has 1 aliphatic heterocycles. The molecule has 14 heavy (non-hydrogen) atoms. The first kappa shape index (κ1) is 8.80. The minimum atomic E-state index is -0.879. The molecule has 1 aliphatic rings. The topological polar surface area (TPSA) is 67.1 Å². The van der Waals surface area contributed by atoms with Gasteiger partial charge in [-0.15, -0.1) is 0 Å². The van der Waals surface area contributed by atoms with E-state index in [4.69, 9.17) is 5.11 Å². The maximum absolute atomic E-state index is 10.9. The molecule has 0 fully saturated rings. The van der Waals surface area contributed by atoms with Crippen LogP contribution in [-0.2, 0) is 11.3 Å². The molecular weight excluding hydrogens is 182 g/mol. The standard InChI is InChI=1S/C9H11N3O2/c1-2-7-6(9(13)14)5-12-8(11-7)3-4-10-12/h3-4,11H,2,5H2,1H3,(H,13,14). The summed E-state index contributed by atoms with van der Waals surface area (Å²) in [5.74, 6) is -0.0256. The Hall–Kier alpha value is -1.78. The predicted octanol–water partition coefficient (Wildman–Crippen LogP) is 1.06. The molecule has 0 saturated heterocycles. The molecule has 5 heteroatoms. The van der Waals surface area contributed by atoms with Crippen molar-refractivity contribution in [3.8, 4) is 0 Å². The summed E-state index contributed by atoms with van der Waals surface area (Å²) in [4.78, 5) is 10.9. The number of carbonyl (C=O) groups is 1. The van der Waals surface area contributed by atoms with Crippen molar-refractivity contribution in [1.82, 2.24) is 9.78 Å². The Morgan fingerprint density at radius 2 is 2.57 bits per heavy atom. The maximum Gasteiger partial charge on any atom is 0.335 e. The molecule has 0 amide bonds. The summed E-state index contributed by atoms with van der Waals surface area (Å²) in [6.07, 6.45) is 2.34. The van der Waals surface area contributed by atoms with E-state index in [-0.39, 0.29) is 0 Å². The van der Waals surface area contributed by atoms with E-state index in [0.717, 1.165) is 11.5 Å². The number of anilines is 1. The molecule has 0 bridgehead atoms. The first-order valence-electron chi connectivity index (χ1n) is 4.46. The van der Waals surface area contributed by atoms with E-state index in [1.807, 2.05) is 13.0 Å². The van der Waals surface area contributed by atoms with Crippen molar-refractivity contribution in [2.24, 2.45) is 0 Å². The summed E-state index contributed by atoms with van der Waals surface area (Å²) in [6, 6.07) is 1.83. The van der Waals surface area contributed by atoms with E-state index in [9.17, 15) is 4.79 Å². The highest BCUT2D eigenvalue weighted by Gasteiger charge is 2.21. The quantitative estimate of drug-likeness (QED) is 0.736. The monoisotopic (exact) mass is 193 g/mol. The third kappa shape index (κ3) is 1.26. The summed E-state index contributed by atoms with van der Waals surface area (Å²) >= 11 is 0. The SMILES string of the molecule is CCC1=C(C(=O)O)Cn2nccc2N1. The fourth-order valence-electron chi connectivity index (χ4n) is 1.54. The van der Waals surface area contributed by atoms with Gasteiger partial charge in [0, 0.05) is 11.8 Å². The van der Waals surface area contributed by atoms with Crippen molar-refractivity contribution in [3.63, 3.8) is 0 Å². The number of hydrogen-bond acceptors (Lipinski definition) is 3. The first-order valence-corrected chi connectivity index (χ1v) is 4.46. The fourth-order valence-corrected chi connectivity index (χ4v) is 1.54. The Bertz CT molecular complexity index is 406. The van der Waals surface area contributed by atoms with Gasteiger partial charge in [0.1, 0.15) is 5.82 Å². The lowest BCUT2D eigenvalue weighted by Gasteiger charge is -2.20. The van der Waals surface area contributed by atoms with Gasteiger partial charge in [0.2, 0.25) is 0 Å². The third-order valence-corrected chi connectivity index (χ3v) is 2.28. The summed E-state index contributed by atoms with van der Waals surface area (Å²) in [7, 11) is 0. The van der Waals surface area contributed by atoms with Crippen LogP contribution < -0.4 is 5.32 Å². The number of hydrogen-bond donors (Lipinski definition) is 2. The van der Waals surface area contributed by atoms with Crippen LogP contribution in [0.4, 0.5) is 5.82 Å².